The van der Waals surface area contributed by atoms with E-state index in [0.717, 1.165) is 19.5 Å². The van der Waals surface area contributed by atoms with Crippen molar-refractivity contribution >= 4 is 5.91 Å². The van der Waals surface area contributed by atoms with Crippen LogP contribution in [0.3, 0.4) is 0 Å². The van der Waals surface area contributed by atoms with Gasteiger partial charge in [-0.1, -0.05) is 39.5 Å². The molecule has 1 aliphatic carbocycles. The van der Waals surface area contributed by atoms with E-state index in [1.54, 1.807) is 0 Å². The molecule has 0 spiro atoms. The molecule has 0 aromatic carbocycles. The molecule has 98 valence electrons. The molecule has 3 heteroatoms. The Labute approximate surface area is 105 Å². The van der Waals surface area contributed by atoms with Crippen LogP contribution in [0.4, 0.5) is 0 Å². The van der Waals surface area contributed by atoms with Crippen molar-refractivity contribution in [3.05, 3.63) is 0 Å². The van der Waals surface area contributed by atoms with Gasteiger partial charge in [-0.3, -0.25) is 10.1 Å². The molecule has 2 fully saturated rings. The molecule has 0 radical (unpaired) electrons. The number of hydrogen-bond acceptors (Lipinski definition) is 2. The van der Waals surface area contributed by atoms with Crippen LogP contribution in [0.1, 0.15) is 58.8 Å². The highest BCUT2D eigenvalue weighted by Crippen LogP contribution is 2.29. The summed E-state index contributed by atoms with van der Waals surface area (Å²) in [5.41, 5.74) is 0. The molecule has 3 atom stereocenters. The Bertz CT molecular complexity index is 267. The molecule has 17 heavy (non-hydrogen) atoms. The molecular weight excluding hydrogens is 212 g/mol. The molecule has 1 aliphatic heterocycles. The first-order chi connectivity index (χ1) is 8.24. The zero-order valence-electron chi connectivity index (χ0n) is 11.2. The van der Waals surface area contributed by atoms with Crippen LogP contribution in [-0.4, -0.2) is 29.6 Å². The third-order valence-electron chi connectivity index (χ3n) is 4.40. The van der Waals surface area contributed by atoms with E-state index in [4.69, 9.17) is 0 Å². The average Bonchev–Trinajstić information content (AvgIpc) is 2.69. The van der Waals surface area contributed by atoms with Crippen LogP contribution < -0.4 is 5.32 Å². The molecule has 0 aromatic heterocycles. The van der Waals surface area contributed by atoms with Crippen LogP contribution in [0.15, 0.2) is 0 Å². The fraction of sp³-hybridized carbons (Fsp3) is 0.929. The fourth-order valence-corrected chi connectivity index (χ4v) is 3.25. The van der Waals surface area contributed by atoms with Gasteiger partial charge in [0, 0.05) is 6.04 Å². The summed E-state index contributed by atoms with van der Waals surface area (Å²) in [5, 5.41) is 3.39. The third kappa shape index (κ3) is 2.82. The summed E-state index contributed by atoms with van der Waals surface area (Å²) in [6, 6.07) is 0.597. The minimum Gasteiger partial charge on any atom is -0.325 e. The Kier molecular flexibility index (Phi) is 4.43. The van der Waals surface area contributed by atoms with Crippen LogP contribution in [0.25, 0.3) is 0 Å². The molecule has 1 N–H and O–H groups in total. The summed E-state index contributed by atoms with van der Waals surface area (Å²) < 4.78 is 0. The highest BCUT2D eigenvalue weighted by Gasteiger charge is 2.37. The summed E-state index contributed by atoms with van der Waals surface area (Å²) >= 11 is 0. The van der Waals surface area contributed by atoms with E-state index in [1.165, 1.54) is 32.1 Å². The van der Waals surface area contributed by atoms with Crippen molar-refractivity contribution in [3.8, 4) is 0 Å². The Balaban J connectivity index is 1.91. The molecule has 3 unspecified atom stereocenters. The second-order valence-corrected chi connectivity index (χ2v) is 5.69. The van der Waals surface area contributed by atoms with Crippen LogP contribution >= 0.6 is 0 Å². The first-order valence-corrected chi connectivity index (χ1v) is 7.28. The van der Waals surface area contributed by atoms with Crippen molar-refractivity contribution in [1.82, 2.24) is 10.2 Å². The Morgan fingerprint density at radius 2 is 2.12 bits per heavy atom. The fourth-order valence-electron chi connectivity index (χ4n) is 3.25. The average molecular weight is 238 g/mol. The lowest BCUT2D eigenvalue weighted by molar-refractivity contribution is -0.132. The number of carbonyl (C=O) groups excluding carboxylic acids is 1. The quantitative estimate of drug-likeness (QED) is 0.816. The SMILES string of the molecule is CCCCC1NCN(C2CCCCC2C)C1=O. The van der Waals surface area contributed by atoms with E-state index in [0.29, 0.717) is 17.9 Å². The first-order valence-electron chi connectivity index (χ1n) is 7.28. The lowest BCUT2D eigenvalue weighted by atomic mass is 9.85. The van der Waals surface area contributed by atoms with Crippen molar-refractivity contribution in [2.75, 3.05) is 6.67 Å². The lowest BCUT2D eigenvalue weighted by Gasteiger charge is -2.35. The van der Waals surface area contributed by atoms with Crippen LogP contribution in [-0.2, 0) is 4.79 Å². The highest BCUT2D eigenvalue weighted by atomic mass is 16.2. The van der Waals surface area contributed by atoms with Gasteiger partial charge < -0.3 is 4.90 Å². The normalized spacial score (nSPS) is 34.4. The zero-order chi connectivity index (χ0) is 12.3. The molecule has 3 nitrogen and oxygen atoms in total. The molecule has 2 aliphatic rings. The summed E-state index contributed by atoms with van der Waals surface area (Å²) in [7, 11) is 0. The van der Waals surface area contributed by atoms with Gasteiger partial charge in [0.2, 0.25) is 5.91 Å². The van der Waals surface area contributed by atoms with Crippen LogP contribution in [0.5, 0.6) is 0 Å². The van der Waals surface area contributed by atoms with Gasteiger partial charge in [-0.05, 0) is 25.2 Å². The van der Waals surface area contributed by atoms with Crippen molar-refractivity contribution in [2.45, 2.75) is 70.9 Å². The molecule has 0 bridgehead atoms. The predicted octanol–water partition coefficient (Wildman–Crippen LogP) is 2.51. The summed E-state index contributed by atoms with van der Waals surface area (Å²) in [5.74, 6) is 1.04. The van der Waals surface area contributed by atoms with Gasteiger partial charge in [0.1, 0.15) is 0 Å². The van der Waals surface area contributed by atoms with Gasteiger partial charge in [-0.2, -0.15) is 0 Å². The lowest BCUT2D eigenvalue weighted by Crippen LogP contribution is -2.43. The molecule has 1 saturated carbocycles. The van der Waals surface area contributed by atoms with Crippen LogP contribution in [0.2, 0.25) is 0 Å². The molecule has 0 aromatic rings. The van der Waals surface area contributed by atoms with Gasteiger partial charge in [0.25, 0.3) is 0 Å². The standard InChI is InChI=1S/C14H26N2O/c1-3-4-8-12-14(17)16(10-15-12)13-9-6-5-7-11(13)2/h11-13,15H,3-10H2,1-2H3. The topological polar surface area (TPSA) is 32.3 Å². The first kappa shape index (κ1) is 12.9. The summed E-state index contributed by atoms with van der Waals surface area (Å²) in [4.78, 5) is 14.4. The van der Waals surface area contributed by atoms with Crippen molar-refractivity contribution in [1.29, 1.82) is 0 Å². The minimum atomic E-state index is 0.101. The predicted molar refractivity (Wildman–Crippen MR) is 69.6 cm³/mol. The second-order valence-electron chi connectivity index (χ2n) is 5.69. The van der Waals surface area contributed by atoms with Crippen LogP contribution in [0, 0.1) is 5.92 Å². The number of hydrogen-bond donors (Lipinski definition) is 1. The maximum Gasteiger partial charge on any atom is 0.241 e. The van der Waals surface area contributed by atoms with Crippen molar-refractivity contribution in [3.63, 3.8) is 0 Å². The molecule has 2 rings (SSSR count). The zero-order valence-corrected chi connectivity index (χ0v) is 11.2. The van der Waals surface area contributed by atoms with Gasteiger partial charge in [0.05, 0.1) is 12.7 Å². The number of rotatable bonds is 4. The Hall–Kier alpha value is -0.570. The van der Waals surface area contributed by atoms with E-state index in [1.807, 2.05) is 0 Å². The van der Waals surface area contributed by atoms with E-state index in [9.17, 15) is 4.79 Å². The summed E-state index contributed by atoms with van der Waals surface area (Å²) in [6.45, 7) is 5.26. The number of unbranched alkanes of at least 4 members (excludes halogenated alkanes) is 1. The van der Waals surface area contributed by atoms with Gasteiger partial charge in [-0.25, -0.2) is 0 Å². The Morgan fingerprint density at radius 1 is 1.35 bits per heavy atom. The van der Waals surface area contributed by atoms with Gasteiger partial charge >= 0.3 is 0 Å². The Morgan fingerprint density at radius 3 is 2.82 bits per heavy atom. The van der Waals surface area contributed by atoms with E-state index in [2.05, 4.69) is 24.1 Å². The molecule has 1 amide bonds. The smallest absolute Gasteiger partial charge is 0.241 e. The molecule has 1 heterocycles. The molecular formula is C14H26N2O. The minimum absolute atomic E-state index is 0.101. The van der Waals surface area contributed by atoms with Gasteiger partial charge in [0.15, 0.2) is 0 Å². The van der Waals surface area contributed by atoms with Gasteiger partial charge in [-0.15, -0.1) is 0 Å². The second kappa shape index (κ2) is 5.85. The largest absolute Gasteiger partial charge is 0.325 e. The number of carbonyl (C=O) groups is 1. The summed E-state index contributed by atoms with van der Waals surface area (Å²) in [6.07, 6.45) is 8.45. The van der Waals surface area contributed by atoms with Crippen molar-refractivity contribution < 1.29 is 4.79 Å². The highest BCUT2D eigenvalue weighted by molar-refractivity contribution is 5.84. The molecule has 1 saturated heterocycles. The number of nitrogens with one attached hydrogen (secondary N) is 1. The van der Waals surface area contributed by atoms with E-state index in [-0.39, 0.29) is 6.04 Å². The van der Waals surface area contributed by atoms with E-state index >= 15 is 0 Å². The van der Waals surface area contributed by atoms with Crippen molar-refractivity contribution in [2.24, 2.45) is 5.92 Å². The van der Waals surface area contributed by atoms with E-state index < -0.39 is 0 Å². The third-order valence-corrected chi connectivity index (χ3v) is 4.40. The number of amides is 1. The maximum absolute atomic E-state index is 12.3. The monoisotopic (exact) mass is 238 g/mol. The number of nitrogens with zero attached hydrogens (tertiary/aromatic N) is 1. The maximum atomic E-state index is 12.3.